The summed E-state index contributed by atoms with van der Waals surface area (Å²) in [7, 11) is -3.50. The normalized spacial score (nSPS) is 12.1. The van der Waals surface area contributed by atoms with Gasteiger partial charge in [-0.05, 0) is 0 Å². The average molecular weight is 234 g/mol. The Morgan fingerprint density at radius 2 is 1.93 bits per heavy atom. The number of hydrogen-bond donors (Lipinski definition) is 0. The van der Waals surface area contributed by atoms with Crippen molar-refractivity contribution in [2.24, 2.45) is 0 Å². The molecule has 0 N–H and O–H groups in total. The third-order valence-corrected chi connectivity index (χ3v) is 3.05. The van der Waals surface area contributed by atoms with E-state index in [0.29, 0.717) is 0 Å². The molecule has 3 nitrogen and oxygen atoms in total. The fraction of sp³-hybridized carbons (Fsp3) is 0.200. The zero-order chi connectivity index (χ0) is 11.1. The molecule has 5 heteroatoms. The second-order valence-corrected chi connectivity index (χ2v) is 5.52. The summed E-state index contributed by atoms with van der Waals surface area (Å²) < 4.78 is 28.1. The summed E-state index contributed by atoms with van der Waals surface area (Å²) in [5.74, 6) is 0. The van der Waals surface area contributed by atoms with E-state index >= 15 is 0 Å². The zero-order valence-corrected chi connectivity index (χ0v) is 11.4. The molecule has 0 atom stereocenters. The van der Waals surface area contributed by atoms with Crippen molar-refractivity contribution in [1.82, 2.24) is 0 Å². The summed E-state index contributed by atoms with van der Waals surface area (Å²) in [6.07, 6.45) is 1.53. The number of benzene rings is 1. The van der Waals surface area contributed by atoms with E-state index in [4.69, 9.17) is 4.18 Å². The molecule has 76 valence electrons. The van der Waals surface area contributed by atoms with Crippen molar-refractivity contribution in [3.05, 3.63) is 41.3 Å². The van der Waals surface area contributed by atoms with Gasteiger partial charge in [-0.15, -0.1) is 0 Å². The molecule has 0 saturated heterocycles. The van der Waals surface area contributed by atoms with Crippen molar-refractivity contribution < 1.29 is 12.6 Å². The van der Waals surface area contributed by atoms with Crippen molar-refractivity contribution in [2.75, 3.05) is 6.61 Å². The summed E-state index contributed by atoms with van der Waals surface area (Å²) >= 11 is 0.949. The zero-order valence-electron chi connectivity index (χ0n) is 8.59. The number of rotatable bonds is 5. The van der Waals surface area contributed by atoms with Crippen LogP contribution < -0.4 is 0 Å². The first-order valence-electron chi connectivity index (χ1n) is 4.76. The van der Waals surface area contributed by atoms with Gasteiger partial charge in [-0.25, -0.2) is 0 Å². The Morgan fingerprint density at radius 1 is 1.27 bits per heavy atom. The molecular formula is C10H11NaO3S. The van der Waals surface area contributed by atoms with E-state index in [1.807, 2.05) is 30.3 Å². The second-order valence-electron chi connectivity index (χ2n) is 3.03. The van der Waals surface area contributed by atoms with Gasteiger partial charge in [0.05, 0.1) is 0 Å². The predicted molar refractivity (Wildman–Crippen MR) is 60.9 cm³/mol. The molecule has 15 heavy (non-hydrogen) atoms. The Morgan fingerprint density at radius 3 is 2.53 bits per heavy atom. The molecule has 0 aliphatic carbocycles. The molecule has 1 rings (SSSR count). The molecular weight excluding hydrogens is 223 g/mol. The van der Waals surface area contributed by atoms with Crippen LogP contribution in [-0.2, 0) is 14.3 Å². The molecule has 0 spiro atoms. The molecule has 1 aromatic rings. The van der Waals surface area contributed by atoms with Crippen molar-refractivity contribution in [2.45, 2.75) is 3.67 Å². The van der Waals surface area contributed by atoms with Gasteiger partial charge < -0.3 is 0 Å². The van der Waals surface area contributed by atoms with E-state index in [2.05, 4.69) is 0 Å². The van der Waals surface area contributed by atoms with E-state index in [1.165, 1.54) is 6.08 Å². The van der Waals surface area contributed by atoms with Crippen LogP contribution >= 0.6 is 0 Å². The summed E-state index contributed by atoms with van der Waals surface area (Å²) in [4.78, 5) is 0. The minimum atomic E-state index is -3.50. The molecule has 0 fully saturated rings. The van der Waals surface area contributed by atoms with E-state index in [0.717, 1.165) is 42.6 Å². The van der Waals surface area contributed by atoms with Crippen LogP contribution in [0.5, 0.6) is 0 Å². The Hall–Kier alpha value is -0.130. The van der Waals surface area contributed by atoms with E-state index in [1.54, 1.807) is 0 Å². The topological polar surface area (TPSA) is 43.4 Å². The Kier molecular flexibility index (Phi) is 5.56. The fourth-order valence-electron chi connectivity index (χ4n) is 0.965. The monoisotopic (exact) mass is 234 g/mol. The third-order valence-electron chi connectivity index (χ3n) is 1.68. The van der Waals surface area contributed by atoms with Gasteiger partial charge in [0.15, 0.2) is 0 Å². The molecule has 0 aliphatic rings. The summed E-state index contributed by atoms with van der Waals surface area (Å²) in [6, 6.07) is 9.25. The first kappa shape index (κ1) is 12.9. The standard InChI is InChI=1S/C10H11O3S.Na/c1-2-13-14(11,12)9-8-10-6-4-3-5-7-10;/h3-9H,1-2H2;. The molecule has 0 heterocycles. The summed E-state index contributed by atoms with van der Waals surface area (Å²) in [5, 5.41) is 1.10. The van der Waals surface area contributed by atoms with E-state index in [9.17, 15) is 8.42 Å². The first-order chi connectivity index (χ1) is 7.14. The molecule has 0 aromatic heterocycles. The van der Waals surface area contributed by atoms with Crippen molar-refractivity contribution in [3.63, 3.8) is 0 Å². The molecule has 0 amide bonds. The van der Waals surface area contributed by atoms with Crippen LogP contribution in [-0.4, -0.2) is 43.0 Å². The molecule has 0 saturated carbocycles. The van der Waals surface area contributed by atoms with E-state index < -0.39 is 10.1 Å². The van der Waals surface area contributed by atoms with Gasteiger partial charge >= 0.3 is 108 Å². The second kappa shape index (κ2) is 6.45. The third kappa shape index (κ3) is 5.49. The van der Waals surface area contributed by atoms with Gasteiger partial charge in [0.1, 0.15) is 0 Å². The van der Waals surface area contributed by atoms with Gasteiger partial charge in [-0.3, -0.25) is 0 Å². The summed E-state index contributed by atoms with van der Waals surface area (Å²) in [5.41, 5.74) is 0.843. The fourth-order valence-corrected chi connectivity index (χ4v) is 2.27. The molecule has 0 aliphatic heterocycles. The molecule has 0 unspecified atom stereocenters. The maximum absolute atomic E-state index is 11.3. The van der Waals surface area contributed by atoms with Gasteiger partial charge in [-0.1, -0.05) is 0 Å². The van der Waals surface area contributed by atoms with Crippen molar-refractivity contribution >= 4 is 44.1 Å². The van der Waals surface area contributed by atoms with Crippen LogP contribution in [0.2, 0.25) is 3.67 Å². The van der Waals surface area contributed by atoms with Gasteiger partial charge in [0.2, 0.25) is 0 Å². The van der Waals surface area contributed by atoms with Crippen LogP contribution in [0.15, 0.2) is 35.7 Å². The van der Waals surface area contributed by atoms with Crippen LogP contribution in [0, 0.1) is 0 Å². The summed E-state index contributed by atoms with van der Waals surface area (Å²) in [6.45, 7) is 0.285. The minimum absolute atomic E-state index is 0.285. The van der Waals surface area contributed by atoms with Crippen molar-refractivity contribution in [3.8, 4) is 0 Å². The van der Waals surface area contributed by atoms with Gasteiger partial charge in [0, 0.05) is 0 Å². The van der Waals surface area contributed by atoms with Crippen LogP contribution in [0.25, 0.3) is 6.08 Å². The Labute approximate surface area is 108 Å². The molecule has 0 radical (unpaired) electrons. The van der Waals surface area contributed by atoms with Crippen LogP contribution in [0.4, 0.5) is 0 Å². The predicted octanol–water partition coefficient (Wildman–Crippen LogP) is 1.59. The van der Waals surface area contributed by atoms with Gasteiger partial charge in [-0.2, -0.15) is 0 Å². The van der Waals surface area contributed by atoms with Gasteiger partial charge in [0.25, 0.3) is 0 Å². The molecule has 0 bridgehead atoms. The quantitative estimate of drug-likeness (QED) is 0.574. The average Bonchev–Trinajstić information content (AvgIpc) is 2.25. The number of hydrogen-bond acceptors (Lipinski definition) is 3. The van der Waals surface area contributed by atoms with Crippen LogP contribution in [0.3, 0.4) is 0 Å². The Balaban J connectivity index is 2.65. The van der Waals surface area contributed by atoms with E-state index in [-0.39, 0.29) is 6.61 Å². The maximum atomic E-state index is 11.3. The Bertz CT molecular complexity index is 412. The SMILES string of the molecule is O=S(=O)(C=Cc1ccccc1)OC[CH2][Na]. The molecule has 1 aromatic carbocycles. The van der Waals surface area contributed by atoms with Crippen LogP contribution in [0.1, 0.15) is 5.56 Å². The van der Waals surface area contributed by atoms with Crippen molar-refractivity contribution in [1.29, 1.82) is 0 Å². The first-order valence-corrected chi connectivity index (χ1v) is 7.65.